The highest BCUT2D eigenvalue weighted by Crippen LogP contribution is 2.13. The van der Waals surface area contributed by atoms with Gasteiger partial charge in [-0.05, 0) is 26.1 Å². The molecule has 0 aliphatic carbocycles. The molecule has 0 saturated carbocycles. The van der Waals surface area contributed by atoms with Crippen LogP contribution in [0.1, 0.15) is 12.8 Å². The van der Waals surface area contributed by atoms with Crippen molar-refractivity contribution in [1.29, 1.82) is 0 Å². The Morgan fingerprint density at radius 3 is 2.06 bits per heavy atom. The van der Waals surface area contributed by atoms with Crippen LogP contribution in [0.15, 0.2) is 0 Å². The van der Waals surface area contributed by atoms with Crippen LogP contribution in [0.4, 0.5) is 0 Å². The number of esters is 2. The van der Waals surface area contributed by atoms with Crippen molar-refractivity contribution < 1.29 is 23.5 Å². The first-order valence-electron chi connectivity index (χ1n) is 5.12. The van der Waals surface area contributed by atoms with Gasteiger partial charge < -0.3 is 13.9 Å². The summed E-state index contributed by atoms with van der Waals surface area (Å²) >= 11 is 0. The molecule has 6 heteroatoms. The van der Waals surface area contributed by atoms with Crippen LogP contribution in [0.5, 0.6) is 0 Å². The molecule has 0 bridgehead atoms. The van der Waals surface area contributed by atoms with Crippen LogP contribution in [0.3, 0.4) is 0 Å². The second-order valence-corrected chi connectivity index (χ2v) is 8.82. The zero-order valence-corrected chi connectivity index (χ0v) is 11.5. The summed E-state index contributed by atoms with van der Waals surface area (Å²) in [6, 6.07) is 0. The fraction of sp³-hybridized carbons (Fsp3) is 0.800. The third-order valence-corrected chi connectivity index (χ3v) is 2.79. The second kappa shape index (κ2) is 6.65. The summed E-state index contributed by atoms with van der Waals surface area (Å²) in [5, 5.41) is 0. The topological polar surface area (TPSA) is 61.8 Å². The minimum Gasteiger partial charge on any atom is -0.469 e. The maximum Gasteiger partial charge on any atom is 0.333 e. The zero-order valence-electron chi connectivity index (χ0n) is 10.5. The van der Waals surface area contributed by atoms with Gasteiger partial charge in [0.25, 0.3) is 0 Å². The molecule has 1 atom stereocenters. The lowest BCUT2D eigenvalue weighted by Gasteiger charge is -2.24. The van der Waals surface area contributed by atoms with E-state index in [0.29, 0.717) is 6.42 Å². The van der Waals surface area contributed by atoms with Gasteiger partial charge in [-0.1, -0.05) is 0 Å². The highest BCUT2D eigenvalue weighted by molar-refractivity contribution is 6.69. The molecule has 0 aromatic rings. The minimum atomic E-state index is -1.83. The normalized spacial score (nSPS) is 13.1. The van der Waals surface area contributed by atoms with Crippen LogP contribution in [-0.4, -0.2) is 40.6 Å². The first-order chi connectivity index (χ1) is 7.30. The van der Waals surface area contributed by atoms with E-state index < -0.39 is 20.4 Å². The van der Waals surface area contributed by atoms with E-state index in [0.717, 1.165) is 0 Å². The summed E-state index contributed by atoms with van der Waals surface area (Å²) in [5.74, 6) is -0.792. The van der Waals surface area contributed by atoms with Crippen LogP contribution in [0.2, 0.25) is 19.6 Å². The van der Waals surface area contributed by atoms with Crippen LogP contribution in [0, 0.1) is 0 Å². The summed E-state index contributed by atoms with van der Waals surface area (Å²) < 4.78 is 14.8. The van der Waals surface area contributed by atoms with E-state index in [1.54, 1.807) is 0 Å². The van der Waals surface area contributed by atoms with Gasteiger partial charge in [-0.25, -0.2) is 4.79 Å². The molecule has 94 valence electrons. The van der Waals surface area contributed by atoms with E-state index >= 15 is 0 Å². The molecule has 0 aromatic heterocycles. The van der Waals surface area contributed by atoms with E-state index in [1.165, 1.54) is 14.2 Å². The van der Waals surface area contributed by atoms with Gasteiger partial charge in [0.15, 0.2) is 8.32 Å². The van der Waals surface area contributed by atoms with Gasteiger partial charge in [0.1, 0.15) is 6.10 Å². The van der Waals surface area contributed by atoms with Crippen molar-refractivity contribution in [2.75, 3.05) is 14.2 Å². The molecule has 1 unspecified atom stereocenters. The van der Waals surface area contributed by atoms with Gasteiger partial charge in [-0.15, -0.1) is 0 Å². The summed E-state index contributed by atoms with van der Waals surface area (Å²) in [7, 11) is 0.786. The Labute approximate surface area is 97.2 Å². The van der Waals surface area contributed by atoms with Crippen molar-refractivity contribution in [3.05, 3.63) is 0 Å². The molecular formula is C10H20O5Si. The van der Waals surface area contributed by atoms with Crippen LogP contribution in [0.25, 0.3) is 0 Å². The SMILES string of the molecule is COC(=O)CCC(O[Si](C)(C)C)C(=O)OC. The van der Waals surface area contributed by atoms with Crippen LogP contribution >= 0.6 is 0 Å². The highest BCUT2D eigenvalue weighted by atomic mass is 28.4. The molecule has 0 aromatic carbocycles. The number of carbonyl (C=O) groups is 2. The molecule has 0 heterocycles. The summed E-state index contributed by atoms with van der Waals surface area (Å²) in [4.78, 5) is 22.4. The number of rotatable bonds is 6. The lowest BCUT2D eigenvalue weighted by atomic mass is 10.2. The average Bonchev–Trinajstić information content (AvgIpc) is 2.20. The van der Waals surface area contributed by atoms with Crippen molar-refractivity contribution in [3.63, 3.8) is 0 Å². The molecule has 0 radical (unpaired) electrons. The Bertz CT molecular complexity index is 246. The van der Waals surface area contributed by atoms with E-state index in [-0.39, 0.29) is 12.4 Å². The molecule has 0 rings (SSSR count). The molecular weight excluding hydrogens is 228 g/mol. The number of hydrogen-bond acceptors (Lipinski definition) is 5. The first-order valence-corrected chi connectivity index (χ1v) is 8.53. The molecule has 0 saturated heterocycles. The predicted octanol–water partition coefficient (Wildman–Crippen LogP) is 1.33. The zero-order chi connectivity index (χ0) is 12.8. The second-order valence-electron chi connectivity index (χ2n) is 4.36. The number of methoxy groups -OCH3 is 2. The van der Waals surface area contributed by atoms with Crippen molar-refractivity contribution in [3.8, 4) is 0 Å². The van der Waals surface area contributed by atoms with Gasteiger partial charge >= 0.3 is 11.9 Å². The number of hydrogen-bond donors (Lipinski definition) is 0. The molecule has 0 amide bonds. The maximum atomic E-state index is 11.4. The lowest BCUT2D eigenvalue weighted by Crippen LogP contribution is -2.37. The van der Waals surface area contributed by atoms with Gasteiger partial charge in [0, 0.05) is 6.42 Å². The van der Waals surface area contributed by atoms with Gasteiger partial charge in [0.05, 0.1) is 14.2 Å². The van der Waals surface area contributed by atoms with Crippen LogP contribution < -0.4 is 0 Å². The van der Waals surface area contributed by atoms with Crippen molar-refractivity contribution in [2.45, 2.75) is 38.6 Å². The number of carbonyl (C=O) groups excluding carboxylic acids is 2. The monoisotopic (exact) mass is 248 g/mol. The van der Waals surface area contributed by atoms with Crippen molar-refractivity contribution in [2.24, 2.45) is 0 Å². The van der Waals surface area contributed by atoms with Crippen molar-refractivity contribution >= 4 is 20.3 Å². The fourth-order valence-electron chi connectivity index (χ4n) is 1.13. The smallest absolute Gasteiger partial charge is 0.333 e. The Morgan fingerprint density at radius 2 is 1.69 bits per heavy atom. The molecule has 5 nitrogen and oxygen atoms in total. The first kappa shape index (κ1) is 15.1. The van der Waals surface area contributed by atoms with E-state index in [4.69, 9.17) is 4.43 Å². The van der Waals surface area contributed by atoms with Crippen molar-refractivity contribution in [1.82, 2.24) is 0 Å². The number of ether oxygens (including phenoxy) is 2. The van der Waals surface area contributed by atoms with Crippen LogP contribution in [-0.2, 0) is 23.5 Å². The fourth-order valence-corrected chi connectivity index (χ4v) is 2.20. The van der Waals surface area contributed by atoms with E-state index in [1.807, 2.05) is 19.6 Å². The summed E-state index contributed by atoms with van der Waals surface area (Å²) in [5.41, 5.74) is 0. The summed E-state index contributed by atoms with van der Waals surface area (Å²) in [6.45, 7) is 5.92. The van der Waals surface area contributed by atoms with E-state index in [2.05, 4.69) is 9.47 Å². The van der Waals surface area contributed by atoms with Gasteiger partial charge in [-0.2, -0.15) is 0 Å². The predicted molar refractivity (Wildman–Crippen MR) is 61.5 cm³/mol. The van der Waals surface area contributed by atoms with E-state index in [9.17, 15) is 9.59 Å². The Kier molecular flexibility index (Phi) is 6.28. The summed E-state index contributed by atoms with van der Waals surface area (Å²) in [6.07, 6.45) is -0.222. The molecule has 0 N–H and O–H groups in total. The van der Waals surface area contributed by atoms with Gasteiger partial charge in [-0.3, -0.25) is 4.79 Å². The molecule has 16 heavy (non-hydrogen) atoms. The molecule has 0 aliphatic heterocycles. The lowest BCUT2D eigenvalue weighted by molar-refractivity contribution is -0.150. The highest BCUT2D eigenvalue weighted by Gasteiger charge is 2.27. The third-order valence-electron chi connectivity index (χ3n) is 1.80. The average molecular weight is 248 g/mol. The Hall–Kier alpha value is -0.883. The molecule has 0 spiro atoms. The quantitative estimate of drug-likeness (QED) is 0.524. The Morgan fingerprint density at radius 1 is 1.12 bits per heavy atom. The largest absolute Gasteiger partial charge is 0.469 e. The van der Waals surface area contributed by atoms with Gasteiger partial charge in [0.2, 0.25) is 0 Å². The molecule has 0 aliphatic rings. The standard InChI is InChI=1S/C10H20O5Si/c1-13-9(11)7-6-8(10(12)14-2)15-16(3,4)5/h8H,6-7H2,1-5H3. The Balaban J connectivity index is 4.33. The third kappa shape index (κ3) is 6.57. The minimum absolute atomic E-state index is 0.154. The molecule has 0 fully saturated rings. The maximum absolute atomic E-state index is 11.4.